The van der Waals surface area contributed by atoms with Gasteiger partial charge < -0.3 is 20.4 Å². The molecule has 0 aliphatic rings. The maximum Gasteiger partial charge on any atom is 0.242 e. The fourth-order valence-corrected chi connectivity index (χ4v) is 1.39. The predicted molar refractivity (Wildman–Crippen MR) is 74.8 cm³/mol. The lowest BCUT2D eigenvalue weighted by atomic mass is 10.4. The van der Waals surface area contributed by atoms with Crippen molar-refractivity contribution >= 4 is 11.9 Å². The van der Waals surface area contributed by atoms with E-state index in [2.05, 4.69) is 27.9 Å². The molecule has 6 nitrogen and oxygen atoms in total. The van der Waals surface area contributed by atoms with Gasteiger partial charge in [-0.1, -0.05) is 6.92 Å². The fraction of sp³-hybridized carbons (Fsp3) is 0.538. The van der Waals surface area contributed by atoms with Crippen molar-refractivity contribution in [2.45, 2.75) is 26.8 Å². The monoisotopic (exact) mass is 266 g/mol. The summed E-state index contributed by atoms with van der Waals surface area (Å²) in [6.45, 7) is 6.15. The van der Waals surface area contributed by atoms with Gasteiger partial charge in [-0.05, 0) is 25.5 Å². The second-order valence-corrected chi connectivity index (χ2v) is 3.98. The van der Waals surface area contributed by atoms with Gasteiger partial charge in [-0.25, -0.2) is 4.99 Å². The molecule has 1 heterocycles. The molecule has 0 aromatic carbocycles. The number of hydrogen-bond acceptors (Lipinski definition) is 3. The molecular weight excluding hydrogens is 244 g/mol. The highest BCUT2D eigenvalue weighted by Gasteiger charge is 2.02. The maximum absolute atomic E-state index is 11.6. The zero-order chi connectivity index (χ0) is 13.9. The number of furan rings is 1. The summed E-state index contributed by atoms with van der Waals surface area (Å²) in [6.07, 6.45) is 2.59. The molecule has 1 aromatic heterocycles. The SMILES string of the molecule is CCCNC(=NCC(=O)NCc1ccco1)NCC. The molecule has 1 rings (SSSR count). The predicted octanol–water partition coefficient (Wildman–Crippen LogP) is 0.861. The van der Waals surface area contributed by atoms with Gasteiger partial charge in [-0.2, -0.15) is 0 Å². The molecular formula is C13H22N4O2. The van der Waals surface area contributed by atoms with Gasteiger partial charge in [0.2, 0.25) is 5.91 Å². The number of aliphatic imine (C=N–C) groups is 1. The molecule has 0 radical (unpaired) electrons. The molecule has 0 saturated carbocycles. The fourth-order valence-electron chi connectivity index (χ4n) is 1.39. The van der Waals surface area contributed by atoms with E-state index in [4.69, 9.17) is 4.42 Å². The van der Waals surface area contributed by atoms with Crippen molar-refractivity contribution in [2.75, 3.05) is 19.6 Å². The minimum atomic E-state index is -0.134. The Labute approximate surface area is 113 Å². The Kier molecular flexibility index (Phi) is 7.16. The summed E-state index contributed by atoms with van der Waals surface area (Å²) >= 11 is 0. The van der Waals surface area contributed by atoms with Gasteiger partial charge in [0.25, 0.3) is 0 Å². The van der Waals surface area contributed by atoms with Crippen molar-refractivity contribution in [3.05, 3.63) is 24.2 Å². The number of carbonyl (C=O) groups excluding carboxylic acids is 1. The van der Waals surface area contributed by atoms with Crippen LogP contribution in [0.1, 0.15) is 26.0 Å². The Bertz CT molecular complexity index is 387. The van der Waals surface area contributed by atoms with Crippen molar-refractivity contribution in [1.82, 2.24) is 16.0 Å². The molecule has 19 heavy (non-hydrogen) atoms. The average Bonchev–Trinajstić information content (AvgIpc) is 2.92. The van der Waals surface area contributed by atoms with Gasteiger partial charge in [0.1, 0.15) is 12.3 Å². The lowest BCUT2D eigenvalue weighted by molar-refractivity contribution is -0.119. The molecule has 0 saturated heterocycles. The van der Waals surface area contributed by atoms with Crippen LogP contribution in [0.2, 0.25) is 0 Å². The lowest BCUT2D eigenvalue weighted by Crippen LogP contribution is -2.38. The quantitative estimate of drug-likeness (QED) is 0.505. The zero-order valence-corrected chi connectivity index (χ0v) is 11.5. The van der Waals surface area contributed by atoms with E-state index in [-0.39, 0.29) is 12.5 Å². The second kappa shape index (κ2) is 9.02. The summed E-state index contributed by atoms with van der Waals surface area (Å²) in [6, 6.07) is 3.61. The molecule has 0 unspecified atom stereocenters. The first-order chi connectivity index (χ1) is 9.26. The van der Waals surface area contributed by atoms with Crippen molar-refractivity contribution in [2.24, 2.45) is 4.99 Å². The third-order valence-electron chi connectivity index (χ3n) is 2.31. The Morgan fingerprint density at radius 1 is 1.32 bits per heavy atom. The molecule has 0 fully saturated rings. The highest BCUT2D eigenvalue weighted by molar-refractivity contribution is 5.84. The number of carbonyl (C=O) groups is 1. The van der Waals surface area contributed by atoms with Crippen LogP contribution in [0.4, 0.5) is 0 Å². The summed E-state index contributed by atoms with van der Waals surface area (Å²) < 4.78 is 5.13. The summed E-state index contributed by atoms with van der Waals surface area (Å²) in [5.41, 5.74) is 0. The van der Waals surface area contributed by atoms with Crippen LogP contribution >= 0.6 is 0 Å². The Hall–Kier alpha value is -1.98. The highest BCUT2D eigenvalue weighted by atomic mass is 16.3. The van der Waals surface area contributed by atoms with Crippen LogP contribution in [0.15, 0.2) is 27.8 Å². The Morgan fingerprint density at radius 3 is 2.79 bits per heavy atom. The number of guanidine groups is 1. The van der Waals surface area contributed by atoms with Crippen molar-refractivity contribution in [3.63, 3.8) is 0 Å². The van der Waals surface area contributed by atoms with E-state index >= 15 is 0 Å². The van der Waals surface area contributed by atoms with E-state index in [1.54, 1.807) is 12.3 Å². The lowest BCUT2D eigenvalue weighted by Gasteiger charge is -2.10. The minimum Gasteiger partial charge on any atom is -0.467 e. The number of amides is 1. The van der Waals surface area contributed by atoms with Crippen LogP contribution in [0.5, 0.6) is 0 Å². The third-order valence-corrected chi connectivity index (χ3v) is 2.31. The van der Waals surface area contributed by atoms with Gasteiger partial charge >= 0.3 is 0 Å². The van der Waals surface area contributed by atoms with Gasteiger partial charge in [0, 0.05) is 13.1 Å². The first kappa shape index (κ1) is 15.1. The number of nitrogens with one attached hydrogen (secondary N) is 3. The van der Waals surface area contributed by atoms with Crippen LogP contribution in [-0.2, 0) is 11.3 Å². The molecule has 0 aliphatic heterocycles. The van der Waals surface area contributed by atoms with E-state index < -0.39 is 0 Å². The molecule has 1 amide bonds. The Morgan fingerprint density at radius 2 is 2.16 bits per heavy atom. The van der Waals surface area contributed by atoms with Crippen LogP contribution in [-0.4, -0.2) is 31.5 Å². The van der Waals surface area contributed by atoms with Crippen molar-refractivity contribution < 1.29 is 9.21 Å². The van der Waals surface area contributed by atoms with E-state index in [1.165, 1.54) is 0 Å². The average molecular weight is 266 g/mol. The van der Waals surface area contributed by atoms with E-state index in [1.807, 2.05) is 13.0 Å². The van der Waals surface area contributed by atoms with Crippen molar-refractivity contribution in [1.29, 1.82) is 0 Å². The normalized spacial score (nSPS) is 11.2. The molecule has 6 heteroatoms. The van der Waals surface area contributed by atoms with Gasteiger partial charge in [-0.15, -0.1) is 0 Å². The molecule has 0 bridgehead atoms. The second-order valence-electron chi connectivity index (χ2n) is 3.98. The number of rotatable bonds is 7. The van der Waals surface area contributed by atoms with Crippen LogP contribution in [0.3, 0.4) is 0 Å². The standard InChI is InChI=1S/C13H22N4O2/c1-3-7-15-13(14-4-2)17-10-12(18)16-9-11-6-5-8-19-11/h5-6,8H,3-4,7,9-10H2,1-2H3,(H,16,18)(H2,14,15,17). The summed E-state index contributed by atoms with van der Waals surface area (Å²) in [4.78, 5) is 15.8. The maximum atomic E-state index is 11.6. The molecule has 0 aliphatic carbocycles. The van der Waals surface area contributed by atoms with Gasteiger partial charge in [0.15, 0.2) is 5.96 Å². The van der Waals surface area contributed by atoms with Crippen LogP contribution in [0, 0.1) is 0 Å². The van der Waals surface area contributed by atoms with Crippen molar-refractivity contribution in [3.8, 4) is 0 Å². The number of nitrogens with zero attached hydrogens (tertiary/aromatic N) is 1. The van der Waals surface area contributed by atoms with Gasteiger partial charge in [-0.3, -0.25) is 4.79 Å². The smallest absolute Gasteiger partial charge is 0.242 e. The topological polar surface area (TPSA) is 78.7 Å². The van der Waals surface area contributed by atoms with Gasteiger partial charge in [0.05, 0.1) is 12.8 Å². The minimum absolute atomic E-state index is 0.0970. The van der Waals surface area contributed by atoms with Crippen LogP contribution < -0.4 is 16.0 Å². The molecule has 106 valence electrons. The van der Waals surface area contributed by atoms with E-state index in [9.17, 15) is 4.79 Å². The molecule has 3 N–H and O–H groups in total. The highest BCUT2D eigenvalue weighted by Crippen LogP contribution is 1.98. The summed E-state index contributed by atoms with van der Waals surface area (Å²) in [5, 5.41) is 8.96. The van der Waals surface area contributed by atoms with E-state index in [0.29, 0.717) is 12.5 Å². The largest absolute Gasteiger partial charge is 0.467 e. The molecule has 1 aromatic rings. The number of hydrogen-bond donors (Lipinski definition) is 3. The molecule has 0 atom stereocenters. The Balaban J connectivity index is 2.32. The summed E-state index contributed by atoms with van der Waals surface area (Å²) in [7, 11) is 0. The third kappa shape index (κ3) is 6.49. The zero-order valence-electron chi connectivity index (χ0n) is 11.5. The first-order valence-corrected chi connectivity index (χ1v) is 6.57. The molecule has 0 spiro atoms. The van der Waals surface area contributed by atoms with Crippen LogP contribution in [0.25, 0.3) is 0 Å². The van der Waals surface area contributed by atoms with E-state index in [0.717, 1.165) is 25.3 Å². The summed E-state index contributed by atoms with van der Waals surface area (Å²) in [5.74, 6) is 1.26. The first-order valence-electron chi connectivity index (χ1n) is 6.57.